The molecular weight excluding hydrogens is 436 g/mol. The van der Waals surface area contributed by atoms with Crippen molar-refractivity contribution in [3.8, 4) is 0 Å². The number of carbonyl (C=O) groups excluding carboxylic acids is 5. The van der Waals surface area contributed by atoms with Gasteiger partial charge in [-0.3, -0.25) is 28.9 Å². The van der Waals surface area contributed by atoms with Crippen LogP contribution in [0.1, 0.15) is 52.0 Å². The minimum atomic E-state index is -0.759. The van der Waals surface area contributed by atoms with Gasteiger partial charge in [0.05, 0.1) is 6.54 Å². The lowest BCUT2D eigenvalue weighted by Crippen LogP contribution is -2.45. The minimum absolute atomic E-state index is 0.219. The van der Waals surface area contributed by atoms with E-state index < -0.39 is 11.9 Å². The second-order valence-corrected chi connectivity index (χ2v) is 8.82. The first-order valence-corrected chi connectivity index (χ1v) is 11.6. The molecule has 0 fully saturated rings. The van der Waals surface area contributed by atoms with Gasteiger partial charge in [-0.1, -0.05) is 32.4 Å². The topological polar surface area (TPSA) is 125 Å². The number of nitrogens with zero attached hydrogens (tertiary/aromatic N) is 1. The van der Waals surface area contributed by atoms with Crippen LogP contribution in [0, 0.1) is 5.92 Å². The molecule has 0 aliphatic carbocycles. The Morgan fingerprint density at radius 2 is 1.53 bits per heavy atom. The molecule has 3 N–H and O–H groups in total. The van der Waals surface area contributed by atoms with Crippen molar-refractivity contribution in [2.75, 3.05) is 18.4 Å². The Morgan fingerprint density at radius 3 is 2.15 bits per heavy atom. The summed E-state index contributed by atoms with van der Waals surface area (Å²) in [7, 11) is 0. The van der Waals surface area contributed by atoms with Crippen molar-refractivity contribution in [1.82, 2.24) is 15.5 Å². The Kier molecular flexibility index (Phi) is 10.4. The molecule has 1 unspecified atom stereocenters. The molecule has 0 saturated carbocycles. The van der Waals surface area contributed by atoms with Gasteiger partial charge in [-0.15, -0.1) is 0 Å². The van der Waals surface area contributed by atoms with Crippen molar-refractivity contribution in [3.63, 3.8) is 0 Å². The normalized spacial score (nSPS) is 13.8. The third kappa shape index (κ3) is 9.17. The van der Waals surface area contributed by atoms with Crippen LogP contribution in [-0.2, 0) is 30.4 Å². The predicted octanol–water partition coefficient (Wildman–Crippen LogP) is 1.93. The van der Waals surface area contributed by atoms with Crippen LogP contribution < -0.4 is 16.0 Å². The molecule has 1 aliphatic rings. The predicted molar refractivity (Wildman–Crippen MR) is 129 cm³/mol. The van der Waals surface area contributed by atoms with Gasteiger partial charge in [-0.2, -0.15) is 0 Å². The smallest absolute Gasteiger partial charge is 0.253 e. The molecule has 2 rings (SSSR count). The fourth-order valence-corrected chi connectivity index (χ4v) is 3.46. The average Bonchev–Trinajstić information content (AvgIpc) is 3.10. The molecule has 1 heterocycles. The summed E-state index contributed by atoms with van der Waals surface area (Å²) in [5.74, 6) is -1.15. The Morgan fingerprint density at radius 1 is 0.882 bits per heavy atom. The number of benzene rings is 1. The first-order chi connectivity index (χ1) is 16.2. The highest BCUT2D eigenvalue weighted by atomic mass is 16.2. The molecule has 0 bridgehead atoms. The minimum Gasteiger partial charge on any atom is -0.347 e. The van der Waals surface area contributed by atoms with Gasteiger partial charge < -0.3 is 16.0 Å². The Bertz CT molecular complexity index is 906. The molecule has 9 nitrogen and oxygen atoms in total. The molecule has 1 atom stereocenters. The van der Waals surface area contributed by atoms with E-state index in [9.17, 15) is 24.0 Å². The van der Waals surface area contributed by atoms with Crippen LogP contribution in [-0.4, -0.2) is 53.6 Å². The van der Waals surface area contributed by atoms with E-state index >= 15 is 0 Å². The Labute approximate surface area is 200 Å². The van der Waals surface area contributed by atoms with Crippen LogP contribution in [0.2, 0.25) is 0 Å². The lowest BCUT2D eigenvalue weighted by molar-refractivity contribution is -0.137. The first kappa shape index (κ1) is 26.8. The maximum atomic E-state index is 12.3. The van der Waals surface area contributed by atoms with E-state index in [0.717, 1.165) is 6.42 Å². The second kappa shape index (κ2) is 13.3. The monoisotopic (exact) mass is 470 g/mol. The number of nitrogens with one attached hydrogen (secondary N) is 3. The quantitative estimate of drug-likeness (QED) is 0.300. The van der Waals surface area contributed by atoms with Crippen LogP contribution in [0.25, 0.3) is 0 Å². The number of anilines is 1. The first-order valence-electron chi connectivity index (χ1n) is 11.6. The van der Waals surface area contributed by atoms with Crippen LogP contribution in [0.3, 0.4) is 0 Å². The van der Waals surface area contributed by atoms with Crippen molar-refractivity contribution < 1.29 is 24.0 Å². The second-order valence-electron chi connectivity index (χ2n) is 8.82. The highest BCUT2D eigenvalue weighted by Crippen LogP contribution is 2.13. The van der Waals surface area contributed by atoms with Gasteiger partial charge in [-0.05, 0) is 49.8 Å². The maximum Gasteiger partial charge on any atom is 0.253 e. The van der Waals surface area contributed by atoms with Crippen LogP contribution in [0.5, 0.6) is 0 Å². The molecule has 5 amide bonds. The number of unbranched alkanes of at least 4 members (excludes halogenated alkanes) is 2. The third-order valence-electron chi connectivity index (χ3n) is 5.27. The highest BCUT2D eigenvalue weighted by molar-refractivity contribution is 6.12. The summed E-state index contributed by atoms with van der Waals surface area (Å²) in [5.41, 5.74) is 1.85. The Hall–Kier alpha value is -3.49. The molecule has 0 aromatic heterocycles. The number of hydrogen-bond donors (Lipinski definition) is 3. The van der Waals surface area contributed by atoms with Crippen molar-refractivity contribution in [1.29, 1.82) is 0 Å². The van der Waals surface area contributed by atoms with E-state index in [2.05, 4.69) is 29.8 Å². The number of imide groups is 1. The standard InChI is InChI=1S/C25H34N4O5/c1-17(2)15-19-8-10-20(11-9-19)28-25(34)18(3)27-22(31)16-26-21(30)7-5-4-6-14-29-23(32)12-13-24(29)33/h8-13,17-18H,4-7,14-16H2,1-3H3,(H,26,30)(H,27,31)(H,28,34). The van der Waals surface area contributed by atoms with Crippen LogP contribution >= 0.6 is 0 Å². The maximum absolute atomic E-state index is 12.3. The van der Waals surface area contributed by atoms with Crippen LogP contribution in [0.4, 0.5) is 5.69 Å². The van der Waals surface area contributed by atoms with E-state index in [1.54, 1.807) is 6.92 Å². The number of hydrogen-bond acceptors (Lipinski definition) is 5. The summed E-state index contributed by atoms with van der Waals surface area (Å²) in [5, 5.41) is 7.87. The number of carbonyl (C=O) groups is 5. The van der Waals surface area contributed by atoms with Gasteiger partial charge in [0, 0.05) is 30.8 Å². The molecule has 0 saturated heterocycles. The molecule has 9 heteroatoms. The lowest BCUT2D eigenvalue weighted by Gasteiger charge is -2.15. The molecule has 184 valence electrons. The molecule has 1 aromatic carbocycles. The highest BCUT2D eigenvalue weighted by Gasteiger charge is 2.22. The SMILES string of the molecule is CC(C)Cc1ccc(NC(=O)C(C)NC(=O)CNC(=O)CCCCCN2C(=O)C=CC2=O)cc1. The lowest BCUT2D eigenvalue weighted by atomic mass is 10.0. The molecule has 1 aliphatic heterocycles. The zero-order valence-electron chi connectivity index (χ0n) is 20.1. The molecular formula is C25H34N4O5. The molecule has 0 spiro atoms. The van der Waals surface area contributed by atoms with Gasteiger partial charge in [0.2, 0.25) is 17.7 Å². The zero-order valence-corrected chi connectivity index (χ0v) is 20.1. The van der Waals surface area contributed by atoms with Crippen molar-refractivity contribution in [2.24, 2.45) is 5.92 Å². The van der Waals surface area contributed by atoms with Crippen molar-refractivity contribution in [3.05, 3.63) is 42.0 Å². The van der Waals surface area contributed by atoms with Crippen molar-refractivity contribution >= 4 is 35.2 Å². The van der Waals surface area contributed by atoms with E-state index in [1.807, 2.05) is 24.3 Å². The van der Waals surface area contributed by atoms with E-state index in [4.69, 9.17) is 0 Å². The van der Waals surface area contributed by atoms with E-state index in [1.165, 1.54) is 22.6 Å². The Balaban J connectivity index is 1.59. The van der Waals surface area contributed by atoms with Gasteiger partial charge in [-0.25, -0.2) is 0 Å². The molecule has 1 aromatic rings. The van der Waals surface area contributed by atoms with Gasteiger partial charge in [0.1, 0.15) is 6.04 Å². The number of rotatable bonds is 13. The molecule has 0 radical (unpaired) electrons. The summed E-state index contributed by atoms with van der Waals surface area (Å²) in [6.45, 7) is 5.98. The van der Waals surface area contributed by atoms with Gasteiger partial charge in [0.25, 0.3) is 11.8 Å². The molecule has 34 heavy (non-hydrogen) atoms. The zero-order chi connectivity index (χ0) is 25.1. The van der Waals surface area contributed by atoms with Crippen LogP contribution in [0.15, 0.2) is 36.4 Å². The average molecular weight is 471 g/mol. The summed E-state index contributed by atoms with van der Waals surface area (Å²) >= 11 is 0. The van der Waals surface area contributed by atoms with E-state index in [0.29, 0.717) is 37.4 Å². The summed E-state index contributed by atoms with van der Waals surface area (Å²) in [4.78, 5) is 60.4. The number of amides is 5. The summed E-state index contributed by atoms with van der Waals surface area (Å²) < 4.78 is 0. The van der Waals surface area contributed by atoms with Crippen molar-refractivity contribution in [2.45, 2.75) is 58.9 Å². The summed E-state index contributed by atoms with van der Waals surface area (Å²) in [6, 6.07) is 6.85. The summed E-state index contributed by atoms with van der Waals surface area (Å²) in [6.07, 6.45) is 5.55. The van der Waals surface area contributed by atoms with E-state index in [-0.39, 0.29) is 36.6 Å². The van der Waals surface area contributed by atoms with Gasteiger partial charge in [0.15, 0.2) is 0 Å². The third-order valence-corrected chi connectivity index (χ3v) is 5.27. The largest absolute Gasteiger partial charge is 0.347 e. The fourth-order valence-electron chi connectivity index (χ4n) is 3.46. The fraction of sp³-hybridized carbons (Fsp3) is 0.480. The van der Waals surface area contributed by atoms with Gasteiger partial charge >= 0.3 is 0 Å².